The standard InChI is InChI=1S/C28H25FN2O8/c29-20-9-3-18(4-10-20)26(34)38-22-13-7-17(8-14-22)25(33)30-23-16-31(28(36)37)15-1-2-24(23)39-27(35)19-5-11-21(32)12-6-19/h3-14,23-24,32H,1-2,15-16H2,(H,30,33)(H,36,37). The van der Waals surface area contributed by atoms with Crippen molar-refractivity contribution in [2.24, 2.45) is 0 Å². The number of rotatable bonds is 6. The van der Waals surface area contributed by atoms with E-state index in [2.05, 4.69) is 5.32 Å². The number of likely N-dealkylation sites (tertiary alicyclic amines) is 1. The molecule has 3 aromatic carbocycles. The van der Waals surface area contributed by atoms with E-state index in [1.165, 1.54) is 60.7 Å². The van der Waals surface area contributed by atoms with Crippen molar-refractivity contribution in [2.45, 2.75) is 25.0 Å². The summed E-state index contributed by atoms with van der Waals surface area (Å²) >= 11 is 0. The van der Waals surface area contributed by atoms with Gasteiger partial charge in [-0.25, -0.2) is 18.8 Å². The quantitative estimate of drug-likeness (QED) is 0.319. The highest BCUT2D eigenvalue weighted by atomic mass is 19.1. The first-order valence-corrected chi connectivity index (χ1v) is 12.1. The number of halogens is 1. The molecule has 0 aromatic heterocycles. The second-order valence-electron chi connectivity index (χ2n) is 8.86. The van der Waals surface area contributed by atoms with Gasteiger partial charge < -0.3 is 29.9 Å². The zero-order chi connectivity index (χ0) is 27.9. The van der Waals surface area contributed by atoms with Crippen LogP contribution in [0.4, 0.5) is 9.18 Å². The molecule has 4 rings (SSSR count). The highest BCUT2D eigenvalue weighted by Crippen LogP contribution is 2.20. The summed E-state index contributed by atoms with van der Waals surface area (Å²) in [5, 5.41) is 21.7. The van der Waals surface area contributed by atoms with Crippen molar-refractivity contribution in [3.63, 3.8) is 0 Å². The van der Waals surface area contributed by atoms with Crippen molar-refractivity contribution in [1.82, 2.24) is 10.2 Å². The van der Waals surface area contributed by atoms with Gasteiger partial charge in [0.2, 0.25) is 0 Å². The minimum atomic E-state index is -1.16. The van der Waals surface area contributed by atoms with Crippen LogP contribution in [0.25, 0.3) is 0 Å². The first-order chi connectivity index (χ1) is 18.7. The summed E-state index contributed by atoms with van der Waals surface area (Å²) in [5.41, 5.74) is 0.553. The van der Waals surface area contributed by atoms with E-state index in [4.69, 9.17) is 9.47 Å². The highest BCUT2D eigenvalue weighted by Gasteiger charge is 2.33. The largest absolute Gasteiger partial charge is 0.508 e. The summed E-state index contributed by atoms with van der Waals surface area (Å²) in [6.45, 7) is 0.116. The molecular weight excluding hydrogens is 511 g/mol. The van der Waals surface area contributed by atoms with E-state index in [1.807, 2.05) is 0 Å². The molecule has 10 nitrogen and oxygen atoms in total. The van der Waals surface area contributed by atoms with Gasteiger partial charge in [0, 0.05) is 18.7 Å². The Morgan fingerprint density at radius 3 is 2.08 bits per heavy atom. The second kappa shape index (κ2) is 12.1. The maximum Gasteiger partial charge on any atom is 0.407 e. The van der Waals surface area contributed by atoms with Gasteiger partial charge in [-0.05, 0) is 85.6 Å². The molecule has 2 amide bonds. The van der Waals surface area contributed by atoms with Crippen molar-refractivity contribution < 1.29 is 43.3 Å². The van der Waals surface area contributed by atoms with E-state index in [0.29, 0.717) is 12.8 Å². The predicted molar refractivity (Wildman–Crippen MR) is 135 cm³/mol. The molecule has 3 aromatic rings. The molecular formula is C28H25FN2O8. The first kappa shape index (κ1) is 27.1. The fourth-order valence-corrected chi connectivity index (χ4v) is 4.07. The van der Waals surface area contributed by atoms with Crippen LogP contribution in [-0.2, 0) is 4.74 Å². The van der Waals surface area contributed by atoms with E-state index < -0.39 is 41.9 Å². The molecule has 1 fully saturated rings. The molecule has 3 N–H and O–H groups in total. The number of nitrogens with zero attached hydrogens (tertiary/aromatic N) is 1. The van der Waals surface area contributed by atoms with Gasteiger partial charge >= 0.3 is 18.0 Å². The monoisotopic (exact) mass is 536 g/mol. The number of aromatic hydroxyl groups is 1. The van der Waals surface area contributed by atoms with Crippen molar-refractivity contribution in [2.75, 3.05) is 13.1 Å². The first-order valence-electron chi connectivity index (χ1n) is 12.1. The fraction of sp³-hybridized carbons (Fsp3) is 0.214. The number of nitrogens with one attached hydrogen (secondary N) is 1. The molecule has 0 spiro atoms. The van der Waals surface area contributed by atoms with E-state index in [1.54, 1.807) is 0 Å². The van der Waals surface area contributed by atoms with Crippen LogP contribution in [0.15, 0.2) is 72.8 Å². The van der Waals surface area contributed by atoms with Crippen LogP contribution in [0.2, 0.25) is 0 Å². The lowest BCUT2D eigenvalue weighted by Crippen LogP contribution is -2.51. The maximum absolute atomic E-state index is 13.1. The zero-order valence-electron chi connectivity index (χ0n) is 20.6. The number of carbonyl (C=O) groups excluding carboxylic acids is 3. The van der Waals surface area contributed by atoms with Crippen molar-refractivity contribution >= 4 is 23.9 Å². The highest BCUT2D eigenvalue weighted by molar-refractivity contribution is 5.95. The summed E-state index contributed by atoms with van der Waals surface area (Å²) in [7, 11) is 0. The third kappa shape index (κ3) is 7.10. The molecule has 1 saturated heterocycles. The van der Waals surface area contributed by atoms with Gasteiger partial charge in [-0.1, -0.05) is 0 Å². The van der Waals surface area contributed by atoms with Crippen LogP contribution < -0.4 is 10.1 Å². The number of carboxylic acid groups (broad SMARTS) is 1. The number of phenolic OH excluding ortho intramolecular Hbond substituents is 1. The van der Waals surface area contributed by atoms with Crippen molar-refractivity contribution in [3.8, 4) is 11.5 Å². The Morgan fingerprint density at radius 1 is 0.846 bits per heavy atom. The number of amides is 2. The van der Waals surface area contributed by atoms with E-state index in [-0.39, 0.29) is 41.3 Å². The Labute approximate surface area is 222 Å². The molecule has 0 bridgehead atoms. The lowest BCUT2D eigenvalue weighted by Gasteiger charge is -2.28. The van der Waals surface area contributed by atoms with Crippen LogP contribution in [0.3, 0.4) is 0 Å². The average Bonchev–Trinajstić information content (AvgIpc) is 3.12. The van der Waals surface area contributed by atoms with E-state index in [0.717, 1.165) is 17.0 Å². The summed E-state index contributed by atoms with van der Waals surface area (Å²) in [4.78, 5) is 50.8. The lowest BCUT2D eigenvalue weighted by molar-refractivity contribution is 0.0179. The van der Waals surface area contributed by atoms with Crippen molar-refractivity contribution in [3.05, 3.63) is 95.3 Å². The lowest BCUT2D eigenvalue weighted by atomic mass is 10.1. The number of esters is 2. The summed E-state index contributed by atoms with van der Waals surface area (Å²) in [6, 6.07) is 15.2. The molecule has 0 saturated carbocycles. The Hall–Kier alpha value is -4.93. The molecule has 39 heavy (non-hydrogen) atoms. The Balaban J connectivity index is 1.44. The third-order valence-corrected chi connectivity index (χ3v) is 6.14. The maximum atomic E-state index is 13.1. The van der Waals surface area contributed by atoms with Crippen LogP contribution in [0, 0.1) is 5.82 Å². The summed E-state index contributed by atoms with van der Waals surface area (Å²) in [5.74, 6) is -2.26. The van der Waals surface area contributed by atoms with Gasteiger partial charge in [0.05, 0.1) is 17.2 Å². The summed E-state index contributed by atoms with van der Waals surface area (Å²) in [6.07, 6.45) is -1.24. The van der Waals surface area contributed by atoms with Crippen molar-refractivity contribution in [1.29, 1.82) is 0 Å². The van der Waals surface area contributed by atoms with Gasteiger partial charge in [-0.15, -0.1) is 0 Å². The van der Waals surface area contributed by atoms with Gasteiger partial charge in [0.1, 0.15) is 23.4 Å². The topological polar surface area (TPSA) is 142 Å². The molecule has 202 valence electrons. The average molecular weight is 537 g/mol. The molecule has 2 atom stereocenters. The van der Waals surface area contributed by atoms with E-state index in [9.17, 15) is 33.8 Å². The van der Waals surface area contributed by atoms with Gasteiger partial charge in [0.25, 0.3) is 5.91 Å². The summed E-state index contributed by atoms with van der Waals surface area (Å²) < 4.78 is 24.0. The fourth-order valence-electron chi connectivity index (χ4n) is 4.07. The molecule has 0 aliphatic carbocycles. The molecule has 11 heteroatoms. The molecule has 1 aliphatic heterocycles. The van der Waals surface area contributed by atoms with Crippen LogP contribution >= 0.6 is 0 Å². The minimum Gasteiger partial charge on any atom is -0.508 e. The van der Waals surface area contributed by atoms with Crippen LogP contribution in [0.5, 0.6) is 11.5 Å². The number of carbonyl (C=O) groups is 4. The molecule has 0 radical (unpaired) electrons. The Kier molecular flexibility index (Phi) is 8.40. The number of ether oxygens (including phenoxy) is 2. The second-order valence-corrected chi connectivity index (χ2v) is 8.86. The smallest absolute Gasteiger partial charge is 0.407 e. The third-order valence-electron chi connectivity index (χ3n) is 6.14. The van der Waals surface area contributed by atoms with E-state index >= 15 is 0 Å². The number of hydrogen-bond acceptors (Lipinski definition) is 7. The predicted octanol–water partition coefficient (Wildman–Crippen LogP) is 3.85. The molecule has 1 aliphatic rings. The number of phenols is 1. The zero-order valence-corrected chi connectivity index (χ0v) is 20.6. The van der Waals surface area contributed by atoms with Crippen LogP contribution in [-0.4, -0.2) is 64.3 Å². The van der Waals surface area contributed by atoms with Gasteiger partial charge in [0.15, 0.2) is 0 Å². The van der Waals surface area contributed by atoms with Crippen LogP contribution in [0.1, 0.15) is 43.9 Å². The molecule has 1 heterocycles. The molecule has 2 unspecified atom stereocenters. The number of hydrogen-bond donors (Lipinski definition) is 3. The minimum absolute atomic E-state index is 0.0144. The Morgan fingerprint density at radius 2 is 1.44 bits per heavy atom. The van der Waals surface area contributed by atoms with Gasteiger partial charge in [-0.3, -0.25) is 4.79 Å². The Bertz CT molecular complexity index is 1340. The normalized spacial score (nSPS) is 17.0. The van der Waals surface area contributed by atoms with Gasteiger partial charge in [-0.2, -0.15) is 0 Å². The number of benzene rings is 3. The SMILES string of the molecule is O=C(NC1CN(C(=O)O)CCCC1OC(=O)c1ccc(O)cc1)c1ccc(OC(=O)c2ccc(F)cc2)cc1.